The minimum absolute atomic E-state index is 0.396. The van der Waals surface area contributed by atoms with Gasteiger partial charge in [0.2, 0.25) is 0 Å². The van der Waals surface area contributed by atoms with Gasteiger partial charge in [-0.15, -0.1) is 0 Å². The summed E-state index contributed by atoms with van der Waals surface area (Å²) in [7, 11) is 0. The molecule has 0 heterocycles. The molecule has 82 valence electrons. The first-order valence-electron chi connectivity index (χ1n) is 4.76. The zero-order chi connectivity index (χ0) is 11.3. The van der Waals surface area contributed by atoms with Gasteiger partial charge in [0.25, 0.3) is 5.92 Å². The van der Waals surface area contributed by atoms with Crippen molar-refractivity contribution in [1.82, 2.24) is 0 Å². The maximum absolute atomic E-state index is 13.2. The molecule has 1 aromatic rings. The van der Waals surface area contributed by atoms with E-state index in [1.807, 2.05) is 0 Å². The molecule has 2 rings (SSSR count). The van der Waals surface area contributed by atoms with Crippen LogP contribution in [0.5, 0.6) is 0 Å². The highest BCUT2D eigenvalue weighted by Gasteiger charge is 2.55. The predicted molar refractivity (Wildman–Crippen MR) is 51.2 cm³/mol. The zero-order valence-corrected chi connectivity index (χ0v) is 8.36. The maximum atomic E-state index is 13.2. The van der Waals surface area contributed by atoms with Crippen LogP contribution in [0.2, 0.25) is 0 Å². The highest BCUT2D eigenvalue weighted by molar-refractivity contribution is 5.32. The van der Waals surface area contributed by atoms with Crippen LogP contribution >= 0.6 is 0 Å². The minimum Gasteiger partial charge on any atom is -0.321 e. The van der Waals surface area contributed by atoms with Gasteiger partial charge in [0.05, 0.1) is 5.54 Å². The Morgan fingerprint density at radius 3 is 2.33 bits per heavy atom. The Labute approximate surface area is 86.1 Å². The fraction of sp³-hybridized carbons (Fsp3) is 0.455. The van der Waals surface area contributed by atoms with Crippen LogP contribution in [0, 0.1) is 12.7 Å². The summed E-state index contributed by atoms with van der Waals surface area (Å²) < 4.78 is 38.7. The molecule has 1 aromatic carbocycles. The normalized spacial score (nSPS) is 22.2. The van der Waals surface area contributed by atoms with Gasteiger partial charge in [-0.25, -0.2) is 13.2 Å². The summed E-state index contributed by atoms with van der Waals surface area (Å²) >= 11 is 0. The van der Waals surface area contributed by atoms with Crippen molar-refractivity contribution in [2.45, 2.75) is 31.2 Å². The number of aryl methyl sites for hydroxylation is 1. The van der Waals surface area contributed by atoms with Crippen molar-refractivity contribution in [1.29, 1.82) is 0 Å². The number of benzene rings is 1. The van der Waals surface area contributed by atoms with Gasteiger partial charge in [-0.3, -0.25) is 0 Å². The van der Waals surface area contributed by atoms with Gasteiger partial charge in [-0.1, -0.05) is 12.1 Å². The number of nitrogens with two attached hydrogens (primary N) is 1. The predicted octanol–water partition coefficient (Wildman–Crippen LogP) is 2.72. The Kier molecular flexibility index (Phi) is 2.08. The van der Waals surface area contributed by atoms with E-state index in [2.05, 4.69) is 0 Å². The number of alkyl halides is 2. The Morgan fingerprint density at radius 2 is 1.87 bits per heavy atom. The number of halogens is 3. The summed E-state index contributed by atoms with van der Waals surface area (Å²) in [4.78, 5) is 0. The van der Waals surface area contributed by atoms with E-state index in [1.54, 1.807) is 19.1 Å². The van der Waals surface area contributed by atoms with Crippen LogP contribution < -0.4 is 5.73 Å². The molecule has 15 heavy (non-hydrogen) atoms. The molecule has 1 aliphatic carbocycles. The Balaban J connectivity index is 2.28. The van der Waals surface area contributed by atoms with Gasteiger partial charge in [-0.2, -0.15) is 0 Å². The lowest BCUT2D eigenvalue weighted by atomic mass is 9.70. The van der Waals surface area contributed by atoms with Gasteiger partial charge in [-0.05, 0) is 24.1 Å². The molecular formula is C11H12F3N. The van der Waals surface area contributed by atoms with Crippen LogP contribution in [-0.2, 0) is 5.54 Å². The lowest BCUT2D eigenvalue weighted by Crippen LogP contribution is -2.55. The van der Waals surface area contributed by atoms with Crippen molar-refractivity contribution in [3.05, 3.63) is 35.1 Å². The molecule has 2 N–H and O–H groups in total. The topological polar surface area (TPSA) is 26.0 Å². The van der Waals surface area contributed by atoms with E-state index in [4.69, 9.17) is 5.73 Å². The average molecular weight is 215 g/mol. The van der Waals surface area contributed by atoms with Crippen LogP contribution in [-0.4, -0.2) is 5.92 Å². The van der Waals surface area contributed by atoms with Crippen LogP contribution in [0.15, 0.2) is 18.2 Å². The van der Waals surface area contributed by atoms with Crippen LogP contribution in [0.25, 0.3) is 0 Å². The Hall–Kier alpha value is -1.03. The molecule has 0 bridgehead atoms. The first kappa shape index (κ1) is 10.5. The molecule has 0 radical (unpaired) electrons. The lowest BCUT2D eigenvalue weighted by Gasteiger charge is -2.44. The number of hydrogen-bond donors (Lipinski definition) is 1. The van der Waals surface area contributed by atoms with E-state index in [-0.39, 0.29) is 0 Å². The molecular weight excluding hydrogens is 203 g/mol. The summed E-state index contributed by atoms with van der Waals surface area (Å²) in [6, 6.07) is 4.44. The largest absolute Gasteiger partial charge is 0.321 e. The SMILES string of the molecule is Cc1ccc(C2(N)CC(F)(F)C2)cc1F. The van der Waals surface area contributed by atoms with Crippen LogP contribution in [0.1, 0.15) is 24.0 Å². The van der Waals surface area contributed by atoms with E-state index >= 15 is 0 Å². The molecule has 1 nitrogen and oxygen atoms in total. The minimum atomic E-state index is -2.70. The van der Waals surface area contributed by atoms with E-state index in [9.17, 15) is 13.2 Å². The second-order valence-corrected chi connectivity index (χ2v) is 4.33. The molecule has 1 fully saturated rings. The van der Waals surface area contributed by atoms with Crippen molar-refractivity contribution < 1.29 is 13.2 Å². The van der Waals surface area contributed by atoms with Crippen molar-refractivity contribution in [3.63, 3.8) is 0 Å². The number of hydrogen-bond acceptors (Lipinski definition) is 1. The first-order chi connectivity index (χ1) is 6.82. The highest BCUT2D eigenvalue weighted by Crippen LogP contribution is 2.49. The summed E-state index contributed by atoms with van der Waals surface area (Å²) in [6.07, 6.45) is -0.801. The van der Waals surface area contributed by atoms with Crippen molar-refractivity contribution in [3.8, 4) is 0 Å². The lowest BCUT2D eigenvalue weighted by molar-refractivity contribution is -0.125. The van der Waals surface area contributed by atoms with Gasteiger partial charge < -0.3 is 5.73 Å². The molecule has 4 heteroatoms. The zero-order valence-electron chi connectivity index (χ0n) is 8.36. The smallest absolute Gasteiger partial charge is 0.252 e. The molecule has 0 aliphatic heterocycles. The number of rotatable bonds is 1. The maximum Gasteiger partial charge on any atom is 0.252 e. The van der Waals surface area contributed by atoms with Crippen molar-refractivity contribution in [2.24, 2.45) is 5.73 Å². The molecule has 1 aliphatic rings. The van der Waals surface area contributed by atoms with E-state index in [0.29, 0.717) is 11.1 Å². The van der Waals surface area contributed by atoms with E-state index in [0.717, 1.165) is 0 Å². The third-order valence-corrected chi connectivity index (χ3v) is 2.89. The average Bonchev–Trinajstić information content (AvgIpc) is 2.06. The van der Waals surface area contributed by atoms with E-state index in [1.165, 1.54) is 6.07 Å². The molecule has 0 unspecified atom stereocenters. The van der Waals surface area contributed by atoms with Crippen LogP contribution in [0.3, 0.4) is 0 Å². The van der Waals surface area contributed by atoms with E-state index < -0.39 is 30.1 Å². The summed E-state index contributed by atoms with van der Waals surface area (Å²) in [5.74, 6) is -3.09. The summed E-state index contributed by atoms with van der Waals surface area (Å²) in [6.45, 7) is 1.62. The summed E-state index contributed by atoms with van der Waals surface area (Å²) in [5.41, 5.74) is 5.66. The molecule has 0 spiro atoms. The quantitative estimate of drug-likeness (QED) is 0.765. The van der Waals surface area contributed by atoms with Crippen LogP contribution in [0.4, 0.5) is 13.2 Å². The van der Waals surface area contributed by atoms with Gasteiger partial charge >= 0.3 is 0 Å². The standard InChI is InChI=1S/C11H12F3N/c1-7-2-3-8(4-9(7)12)10(15)5-11(13,14)6-10/h2-4H,5-6,15H2,1H3. The highest BCUT2D eigenvalue weighted by atomic mass is 19.3. The molecule has 0 saturated heterocycles. The monoisotopic (exact) mass is 215 g/mol. The van der Waals surface area contributed by atoms with Crippen molar-refractivity contribution in [2.75, 3.05) is 0 Å². The Morgan fingerprint density at radius 1 is 1.27 bits per heavy atom. The Bertz CT molecular complexity index is 393. The summed E-state index contributed by atoms with van der Waals surface area (Å²) in [5, 5.41) is 0. The van der Waals surface area contributed by atoms with Gasteiger partial charge in [0.1, 0.15) is 5.82 Å². The molecule has 0 atom stereocenters. The molecule has 0 amide bonds. The van der Waals surface area contributed by atoms with Gasteiger partial charge in [0, 0.05) is 12.8 Å². The fourth-order valence-electron chi connectivity index (χ4n) is 1.98. The second kappa shape index (κ2) is 2.98. The van der Waals surface area contributed by atoms with Gasteiger partial charge in [0.15, 0.2) is 0 Å². The molecule has 1 saturated carbocycles. The first-order valence-corrected chi connectivity index (χ1v) is 4.76. The second-order valence-electron chi connectivity index (χ2n) is 4.33. The fourth-order valence-corrected chi connectivity index (χ4v) is 1.98. The van der Waals surface area contributed by atoms with Crippen molar-refractivity contribution >= 4 is 0 Å². The third kappa shape index (κ3) is 1.74. The molecule has 0 aromatic heterocycles. The third-order valence-electron chi connectivity index (χ3n) is 2.89.